The van der Waals surface area contributed by atoms with Crippen LogP contribution in [0.25, 0.3) is 0 Å². The molecule has 0 aliphatic carbocycles. The highest BCUT2D eigenvalue weighted by Gasteiger charge is 2.04. The Morgan fingerprint density at radius 1 is 0.739 bits per heavy atom. The number of hydrogen-bond donors (Lipinski definition) is 3. The maximum atomic E-state index is 10.0. The van der Waals surface area contributed by atoms with Crippen LogP contribution in [0.2, 0.25) is 0 Å². The molecule has 0 radical (unpaired) electrons. The van der Waals surface area contributed by atoms with Crippen molar-refractivity contribution >= 4 is 5.69 Å². The molecule has 116 valence electrons. The lowest BCUT2D eigenvalue weighted by atomic mass is 10.0. The number of phenolic OH excluding ortho intramolecular Hbond substituents is 1. The van der Waals surface area contributed by atoms with Gasteiger partial charge in [0.1, 0.15) is 5.75 Å². The van der Waals surface area contributed by atoms with Crippen LogP contribution in [0.4, 0.5) is 5.69 Å². The van der Waals surface area contributed by atoms with Gasteiger partial charge >= 0.3 is 0 Å². The molecule has 0 saturated carbocycles. The molecule has 0 aromatic heterocycles. The Morgan fingerprint density at radius 2 is 1.43 bits per heavy atom. The summed E-state index contributed by atoms with van der Waals surface area (Å²) in [7, 11) is 0. The summed E-state index contributed by atoms with van der Waals surface area (Å²) >= 11 is 0. The Labute approximate surface area is 136 Å². The van der Waals surface area contributed by atoms with Crippen LogP contribution in [0, 0.1) is 0 Å². The highest BCUT2D eigenvalue weighted by molar-refractivity contribution is 5.42. The van der Waals surface area contributed by atoms with Crippen LogP contribution in [0.15, 0.2) is 78.9 Å². The second-order valence-electron chi connectivity index (χ2n) is 5.47. The molecule has 0 aliphatic heterocycles. The summed E-state index contributed by atoms with van der Waals surface area (Å²) < 4.78 is 0. The van der Waals surface area contributed by atoms with E-state index in [1.165, 1.54) is 11.1 Å². The summed E-state index contributed by atoms with van der Waals surface area (Å²) in [5.74, 6) is 0.309. The molecule has 0 saturated heterocycles. The molecule has 0 aliphatic rings. The molecular formula is C20H20N2O. The standard InChI is InChI=1S/C20H20N2O/c23-20-12-11-17(13-16-7-3-1-4-8-16)14-18(20)15-21-22-19-9-5-2-6-10-19/h1-12,14,21-23H,13,15H2. The second kappa shape index (κ2) is 7.47. The van der Waals surface area contributed by atoms with Crippen LogP contribution in [-0.4, -0.2) is 5.11 Å². The molecule has 3 rings (SSSR count). The summed E-state index contributed by atoms with van der Waals surface area (Å²) in [5, 5.41) is 10.0. The minimum atomic E-state index is 0.309. The van der Waals surface area contributed by atoms with Crippen molar-refractivity contribution < 1.29 is 5.11 Å². The molecule has 3 nitrogen and oxygen atoms in total. The summed E-state index contributed by atoms with van der Waals surface area (Å²) in [6, 6.07) is 26.0. The minimum absolute atomic E-state index is 0.309. The van der Waals surface area contributed by atoms with Gasteiger partial charge in [0.25, 0.3) is 0 Å². The lowest BCUT2D eigenvalue weighted by molar-refractivity contribution is 0.466. The molecule has 0 atom stereocenters. The SMILES string of the molecule is Oc1ccc(Cc2ccccc2)cc1CNNc1ccccc1. The molecule has 0 amide bonds. The van der Waals surface area contributed by atoms with E-state index >= 15 is 0 Å². The Morgan fingerprint density at radius 3 is 2.17 bits per heavy atom. The first kappa shape index (κ1) is 15.1. The van der Waals surface area contributed by atoms with Gasteiger partial charge in [-0.3, -0.25) is 0 Å². The van der Waals surface area contributed by atoms with Gasteiger partial charge < -0.3 is 10.5 Å². The summed E-state index contributed by atoms with van der Waals surface area (Å²) in [6.07, 6.45) is 0.861. The van der Waals surface area contributed by atoms with Crippen molar-refractivity contribution in [2.45, 2.75) is 13.0 Å². The normalized spacial score (nSPS) is 10.4. The number of aromatic hydroxyl groups is 1. The van der Waals surface area contributed by atoms with E-state index in [0.717, 1.165) is 17.7 Å². The summed E-state index contributed by atoms with van der Waals surface area (Å²) in [6.45, 7) is 0.545. The zero-order valence-electron chi connectivity index (χ0n) is 12.9. The number of para-hydroxylation sites is 1. The molecule has 3 aromatic rings. The van der Waals surface area contributed by atoms with Crippen molar-refractivity contribution in [2.24, 2.45) is 0 Å². The molecule has 23 heavy (non-hydrogen) atoms. The first-order valence-electron chi connectivity index (χ1n) is 7.70. The smallest absolute Gasteiger partial charge is 0.120 e. The van der Waals surface area contributed by atoms with Crippen molar-refractivity contribution in [3.8, 4) is 5.75 Å². The number of phenols is 1. The number of benzene rings is 3. The van der Waals surface area contributed by atoms with E-state index in [1.807, 2.05) is 60.7 Å². The van der Waals surface area contributed by atoms with Crippen molar-refractivity contribution in [3.05, 3.63) is 95.6 Å². The number of anilines is 1. The van der Waals surface area contributed by atoms with Crippen molar-refractivity contribution in [1.29, 1.82) is 0 Å². The van der Waals surface area contributed by atoms with Gasteiger partial charge in [-0.2, -0.15) is 0 Å². The predicted octanol–water partition coefficient (Wildman–Crippen LogP) is 4.10. The molecule has 0 fully saturated rings. The van der Waals surface area contributed by atoms with Crippen LogP contribution in [0.3, 0.4) is 0 Å². The zero-order valence-corrected chi connectivity index (χ0v) is 12.9. The van der Waals surface area contributed by atoms with E-state index in [-0.39, 0.29) is 0 Å². The van der Waals surface area contributed by atoms with Gasteiger partial charge in [0.05, 0.1) is 0 Å². The van der Waals surface area contributed by atoms with E-state index < -0.39 is 0 Å². The van der Waals surface area contributed by atoms with Gasteiger partial charge in [-0.1, -0.05) is 60.7 Å². The third-order valence-electron chi connectivity index (χ3n) is 3.68. The maximum absolute atomic E-state index is 10.0. The number of hydrazine groups is 1. The van der Waals surface area contributed by atoms with Crippen LogP contribution in [0.1, 0.15) is 16.7 Å². The second-order valence-corrected chi connectivity index (χ2v) is 5.47. The first-order valence-corrected chi connectivity index (χ1v) is 7.70. The molecule has 3 heteroatoms. The molecule has 0 unspecified atom stereocenters. The van der Waals surface area contributed by atoms with E-state index in [9.17, 15) is 5.11 Å². The zero-order chi connectivity index (χ0) is 15.9. The Hall–Kier alpha value is -2.78. The number of hydrogen-bond acceptors (Lipinski definition) is 3. The maximum Gasteiger partial charge on any atom is 0.120 e. The highest BCUT2D eigenvalue weighted by Crippen LogP contribution is 2.20. The van der Waals surface area contributed by atoms with Crippen LogP contribution in [0.5, 0.6) is 5.75 Å². The summed E-state index contributed by atoms with van der Waals surface area (Å²) in [5.41, 5.74) is 10.6. The predicted molar refractivity (Wildman–Crippen MR) is 94.3 cm³/mol. The van der Waals surface area contributed by atoms with Crippen molar-refractivity contribution in [3.63, 3.8) is 0 Å². The van der Waals surface area contributed by atoms with E-state index in [4.69, 9.17) is 0 Å². The van der Waals surface area contributed by atoms with Crippen LogP contribution >= 0.6 is 0 Å². The first-order chi connectivity index (χ1) is 11.3. The Balaban J connectivity index is 1.63. The molecular weight excluding hydrogens is 284 g/mol. The third-order valence-corrected chi connectivity index (χ3v) is 3.68. The van der Waals surface area contributed by atoms with Gasteiger partial charge in [0.2, 0.25) is 0 Å². The van der Waals surface area contributed by atoms with Gasteiger partial charge in [0, 0.05) is 17.8 Å². The molecule has 0 spiro atoms. The van der Waals surface area contributed by atoms with Crippen LogP contribution < -0.4 is 10.9 Å². The minimum Gasteiger partial charge on any atom is -0.508 e. The average molecular weight is 304 g/mol. The fraction of sp³-hybridized carbons (Fsp3) is 0.100. The fourth-order valence-corrected chi connectivity index (χ4v) is 2.48. The lowest BCUT2D eigenvalue weighted by Crippen LogP contribution is -2.20. The highest BCUT2D eigenvalue weighted by atomic mass is 16.3. The molecule has 0 heterocycles. The van der Waals surface area contributed by atoms with E-state index in [2.05, 4.69) is 23.0 Å². The fourth-order valence-electron chi connectivity index (χ4n) is 2.48. The molecule has 3 N–H and O–H groups in total. The van der Waals surface area contributed by atoms with Gasteiger partial charge in [-0.15, -0.1) is 0 Å². The Bertz CT molecular complexity index is 742. The number of nitrogens with one attached hydrogen (secondary N) is 2. The van der Waals surface area contributed by atoms with Gasteiger partial charge in [-0.05, 0) is 35.7 Å². The van der Waals surface area contributed by atoms with E-state index in [0.29, 0.717) is 12.3 Å². The van der Waals surface area contributed by atoms with Gasteiger partial charge in [0.15, 0.2) is 0 Å². The molecule has 0 bridgehead atoms. The van der Waals surface area contributed by atoms with E-state index in [1.54, 1.807) is 6.07 Å². The lowest BCUT2D eigenvalue weighted by Gasteiger charge is -2.11. The third kappa shape index (κ3) is 4.34. The quantitative estimate of drug-likeness (QED) is 0.601. The van der Waals surface area contributed by atoms with Crippen molar-refractivity contribution in [2.75, 3.05) is 5.43 Å². The van der Waals surface area contributed by atoms with Crippen LogP contribution in [-0.2, 0) is 13.0 Å². The monoisotopic (exact) mass is 304 g/mol. The van der Waals surface area contributed by atoms with Gasteiger partial charge in [-0.25, -0.2) is 5.43 Å². The Kier molecular flexibility index (Phi) is 4.92. The average Bonchev–Trinajstić information content (AvgIpc) is 2.59. The summed E-state index contributed by atoms with van der Waals surface area (Å²) in [4.78, 5) is 0. The van der Waals surface area contributed by atoms with Crippen molar-refractivity contribution in [1.82, 2.24) is 5.43 Å². The topological polar surface area (TPSA) is 44.3 Å². The largest absolute Gasteiger partial charge is 0.508 e. The number of rotatable bonds is 6. The molecule has 3 aromatic carbocycles.